The van der Waals surface area contributed by atoms with Crippen molar-refractivity contribution in [2.75, 3.05) is 5.32 Å². The van der Waals surface area contributed by atoms with E-state index in [-0.39, 0.29) is 5.91 Å². The van der Waals surface area contributed by atoms with Crippen LogP contribution in [0.15, 0.2) is 61.3 Å². The van der Waals surface area contributed by atoms with E-state index in [4.69, 9.17) is 0 Å². The molecule has 0 aliphatic heterocycles. The molecule has 1 N–H and O–H groups in total. The molecule has 32 heavy (non-hydrogen) atoms. The van der Waals surface area contributed by atoms with Crippen LogP contribution in [-0.4, -0.2) is 35.6 Å². The smallest absolute Gasteiger partial charge is 0.258 e. The first kappa shape index (κ1) is 18.8. The molecule has 2 aliphatic rings. The fraction of sp³-hybridized carbons (Fsp3) is 0.250. The van der Waals surface area contributed by atoms with Crippen molar-refractivity contribution >= 4 is 11.7 Å². The summed E-state index contributed by atoms with van der Waals surface area (Å²) >= 11 is 0. The van der Waals surface area contributed by atoms with E-state index in [1.165, 1.54) is 12.8 Å². The topological polar surface area (TPSA) is 98.5 Å². The minimum absolute atomic E-state index is 0.268. The maximum Gasteiger partial charge on any atom is 0.258 e. The average Bonchev–Trinajstić information content (AvgIpc) is 3.78. The van der Waals surface area contributed by atoms with E-state index in [0.29, 0.717) is 29.0 Å². The number of pyridine rings is 3. The quantitative estimate of drug-likeness (QED) is 0.497. The lowest BCUT2D eigenvalue weighted by atomic mass is 10.1. The lowest BCUT2D eigenvalue weighted by Gasteiger charge is -2.09. The van der Waals surface area contributed by atoms with Crippen LogP contribution >= 0.6 is 0 Å². The lowest BCUT2D eigenvalue weighted by Crippen LogP contribution is -2.13. The normalized spacial score (nSPS) is 15.5. The van der Waals surface area contributed by atoms with Crippen molar-refractivity contribution in [1.82, 2.24) is 29.7 Å². The molecule has 6 rings (SSSR count). The van der Waals surface area contributed by atoms with E-state index < -0.39 is 0 Å². The van der Waals surface area contributed by atoms with Crippen LogP contribution in [0.4, 0.5) is 5.82 Å². The summed E-state index contributed by atoms with van der Waals surface area (Å²) in [6, 6.07) is 11.9. The summed E-state index contributed by atoms with van der Waals surface area (Å²) in [5, 5.41) is 11.1. The third-order valence-electron chi connectivity index (χ3n) is 5.85. The Morgan fingerprint density at radius 3 is 2.69 bits per heavy atom. The number of nitrogens with zero attached hydrogens (tertiary/aromatic N) is 6. The average molecular weight is 423 g/mol. The van der Waals surface area contributed by atoms with Gasteiger partial charge in [0.2, 0.25) is 0 Å². The number of nitrogens with one attached hydrogen (secondary N) is 1. The lowest BCUT2D eigenvalue weighted by molar-refractivity contribution is 0.102. The highest BCUT2D eigenvalue weighted by atomic mass is 16.1. The first-order valence-electron chi connectivity index (χ1n) is 10.8. The standard InChI is InChI=1S/C24H21N7O/c32-24(18-10-17(11-25-12-18)16-6-9-20(26-13-16)15-4-5-15)29-22-3-1-2-21(28-22)23-30-27-14-31(23)19-7-8-19/h1-3,6,9-15,19H,4-5,7-8H2,(H,28,29,32). The zero-order chi connectivity index (χ0) is 21.5. The summed E-state index contributed by atoms with van der Waals surface area (Å²) in [6.07, 6.45) is 11.6. The molecule has 0 aromatic carbocycles. The minimum Gasteiger partial charge on any atom is -0.309 e. The summed E-state index contributed by atoms with van der Waals surface area (Å²) < 4.78 is 2.05. The van der Waals surface area contributed by atoms with Crippen molar-refractivity contribution in [2.24, 2.45) is 0 Å². The Kier molecular flexibility index (Phi) is 4.49. The van der Waals surface area contributed by atoms with Gasteiger partial charge in [0.25, 0.3) is 5.91 Å². The van der Waals surface area contributed by atoms with E-state index in [1.807, 2.05) is 35.0 Å². The third-order valence-corrected chi connectivity index (χ3v) is 5.85. The zero-order valence-corrected chi connectivity index (χ0v) is 17.3. The molecule has 158 valence electrons. The van der Waals surface area contributed by atoms with Crippen LogP contribution in [0.3, 0.4) is 0 Å². The molecular weight excluding hydrogens is 402 g/mol. The summed E-state index contributed by atoms with van der Waals surface area (Å²) in [7, 11) is 0. The predicted octanol–water partition coefficient (Wildman–Crippen LogP) is 4.26. The van der Waals surface area contributed by atoms with Gasteiger partial charge in [0, 0.05) is 47.4 Å². The number of hydrogen-bond acceptors (Lipinski definition) is 6. The summed E-state index contributed by atoms with van der Waals surface area (Å²) in [4.78, 5) is 26.3. The minimum atomic E-state index is -0.268. The first-order chi connectivity index (χ1) is 15.7. The largest absolute Gasteiger partial charge is 0.309 e. The number of carbonyl (C=O) groups is 1. The number of aromatic nitrogens is 6. The van der Waals surface area contributed by atoms with Gasteiger partial charge in [-0.15, -0.1) is 10.2 Å². The van der Waals surface area contributed by atoms with Gasteiger partial charge in [-0.25, -0.2) is 4.98 Å². The maximum absolute atomic E-state index is 12.9. The van der Waals surface area contributed by atoms with Crippen molar-refractivity contribution < 1.29 is 4.79 Å². The van der Waals surface area contributed by atoms with Crippen LogP contribution in [0.25, 0.3) is 22.6 Å². The monoisotopic (exact) mass is 423 g/mol. The first-order valence-corrected chi connectivity index (χ1v) is 10.8. The molecule has 4 heterocycles. The van der Waals surface area contributed by atoms with Gasteiger partial charge in [0.15, 0.2) is 5.82 Å². The molecule has 0 radical (unpaired) electrons. The van der Waals surface area contributed by atoms with Crippen LogP contribution in [0.1, 0.15) is 53.7 Å². The number of carbonyl (C=O) groups excluding carboxylic acids is 1. The van der Waals surface area contributed by atoms with Crippen molar-refractivity contribution in [3.05, 3.63) is 72.6 Å². The van der Waals surface area contributed by atoms with Gasteiger partial charge in [-0.2, -0.15) is 0 Å². The van der Waals surface area contributed by atoms with Gasteiger partial charge in [0.05, 0.1) is 5.56 Å². The summed E-state index contributed by atoms with van der Waals surface area (Å²) in [5.74, 6) is 1.52. The maximum atomic E-state index is 12.9. The van der Waals surface area contributed by atoms with Crippen LogP contribution in [0, 0.1) is 0 Å². The Morgan fingerprint density at radius 2 is 1.91 bits per heavy atom. The molecule has 2 saturated carbocycles. The highest BCUT2D eigenvalue weighted by Gasteiger charge is 2.27. The number of amides is 1. The molecule has 4 aromatic rings. The van der Waals surface area contributed by atoms with Gasteiger partial charge >= 0.3 is 0 Å². The van der Waals surface area contributed by atoms with E-state index in [2.05, 4.69) is 36.5 Å². The number of rotatable bonds is 6. The zero-order valence-electron chi connectivity index (χ0n) is 17.3. The van der Waals surface area contributed by atoms with Gasteiger partial charge in [-0.05, 0) is 49.9 Å². The van der Waals surface area contributed by atoms with Crippen molar-refractivity contribution in [2.45, 2.75) is 37.6 Å². The molecule has 8 nitrogen and oxygen atoms in total. The molecule has 2 aliphatic carbocycles. The second kappa shape index (κ2) is 7.64. The number of hydrogen-bond donors (Lipinski definition) is 1. The molecule has 0 bridgehead atoms. The third kappa shape index (κ3) is 3.75. The SMILES string of the molecule is O=C(Nc1cccc(-c2nncn2C2CC2)n1)c1cncc(-c2ccc(C3CC3)nc2)c1. The highest BCUT2D eigenvalue weighted by molar-refractivity contribution is 6.04. The Hall–Kier alpha value is -3.94. The molecule has 0 unspecified atom stereocenters. The molecule has 1 amide bonds. The molecule has 0 spiro atoms. The second-order valence-electron chi connectivity index (χ2n) is 8.36. The van der Waals surface area contributed by atoms with E-state index in [9.17, 15) is 4.79 Å². The summed E-state index contributed by atoms with van der Waals surface area (Å²) in [6.45, 7) is 0. The van der Waals surface area contributed by atoms with Crippen LogP contribution in [0.2, 0.25) is 0 Å². The molecule has 4 aromatic heterocycles. The van der Waals surface area contributed by atoms with E-state index >= 15 is 0 Å². The van der Waals surface area contributed by atoms with E-state index in [1.54, 1.807) is 24.8 Å². The van der Waals surface area contributed by atoms with Crippen molar-refractivity contribution in [3.8, 4) is 22.6 Å². The Bertz CT molecular complexity index is 1290. The van der Waals surface area contributed by atoms with Crippen molar-refractivity contribution in [3.63, 3.8) is 0 Å². The molecule has 2 fully saturated rings. The van der Waals surface area contributed by atoms with E-state index in [0.717, 1.165) is 35.5 Å². The fourth-order valence-corrected chi connectivity index (χ4v) is 3.78. The van der Waals surface area contributed by atoms with Gasteiger partial charge in [-0.3, -0.25) is 14.8 Å². The van der Waals surface area contributed by atoms with Gasteiger partial charge in [-0.1, -0.05) is 12.1 Å². The fourth-order valence-electron chi connectivity index (χ4n) is 3.78. The van der Waals surface area contributed by atoms with Crippen LogP contribution in [-0.2, 0) is 0 Å². The van der Waals surface area contributed by atoms with Gasteiger partial charge in [0.1, 0.15) is 17.8 Å². The molecule has 8 heteroatoms. The number of anilines is 1. The Labute approximate surface area is 184 Å². The predicted molar refractivity (Wildman–Crippen MR) is 119 cm³/mol. The molecule has 0 atom stereocenters. The Balaban J connectivity index is 1.21. The van der Waals surface area contributed by atoms with Gasteiger partial charge < -0.3 is 9.88 Å². The van der Waals surface area contributed by atoms with Crippen molar-refractivity contribution in [1.29, 1.82) is 0 Å². The second-order valence-corrected chi connectivity index (χ2v) is 8.36. The summed E-state index contributed by atoms with van der Waals surface area (Å²) in [5.41, 5.74) is 4.07. The highest BCUT2D eigenvalue weighted by Crippen LogP contribution is 2.39. The molecule has 0 saturated heterocycles. The van der Waals surface area contributed by atoms with Crippen LogP contribution in [0.5, 0.6) is 0 Å². The molecular formula is C24H21N7O. The Morgan fingerprint density at radius 1 is 1.00 bits per heavy atom. The van der Waals surface area contributed by atoms with Crippen LogP contribution < -0.4 is 5.32 Å².